The molecule has 0 fully saturated rings. The third kappa shape index (κ3) is 2.81. The maximum atomic E-state index is 13.3. The standard InChI is InChI=1S/C9H7F5O/c1-2-8(11)4-3-6(5-7(8)10)15-9(12,13)14/h2-5,7H,1H2. The molecule has 1 aliphatic carbocycles. The van der Waals surface area contributed by atoms with Gasteiger partial charge < -0.3 is 4.74 Å². The van der Waals surface area contributed by atoms with Crippen molar-refractivity contribution in [2.45, 2.75) is 18.2 Å². The van der Waals surface area contributed by atoms with Crippen LogP contribution in [0.25, 0.3) is 0 Å². The molecule has 84 valence electrons. The zero-order valence-corrected chi connectivity index (χ0v) is 7.39. The normalized spacial score (nSPS) is 31.0. The van der Waals surface area contributed by atoms with Crippen LogP contribution in [-0.2, 0) is 4.74 Å². The van der Waals surface area contributed by atoms with E-state index in [4.69, 9.17) is 0 Å². The lowest BCUT2D eigenvalue weighted by molar-refractivity contribution is -0.303. The van der Waals surface area contributed by atoms with Crippen molar-refractivity contribution < 1.29 is 26.7 Å². The number of rotatable bonds is 2. The van der Waals surface area contributed by atoms with Gasteiger partial charge in [0.05, 0.1) is 0 Å². The fourth-order valence-corrected chi connectivity index (χ4v) is 1.01. The van der Waals surface area contributed by atoms with E-state index in [0.29, 0.717) is 24.3 Å². The van der Waals surface area contributed by atoms with Crippen LogP contribution in [-0.4, -0.2) is 18.2 Å². The first-order valence-corrected chi connectivity index (χ1v) is 3.90. The molecule has 0 radical (unpaired) electrons. The Bertz CT molecular complexity index is 317. The van der Waals surface area contributed by atoms with E-state index in [1.807, 2.05) is 0 Å². The minimum atomic E-state index is -4.92. The zero-order chi connectivity index (χ0) is 11.7. The van der Waals surface area contributed by atoms with E-state index in [9.17, 15) is 22.0 Å². The Balaban J connectivity index is 2.80. The number of hydrogen-bond donors (Lipinski definition) is 0. The second-order valence-electron chi connectivity index (χ2n) is 2.88. The Morgan fingerprint density at radius 3 is 2.47 bits per heavy atom. The van der Waals surface area contributed by atoms with Gasteiger partial charge in [0, 0.05) is 0 Å². The molecule has 1 rings (SSSR count). The molecular weight excluding hydrogens is 219 g/mol. The van der Waals surface area contributed by atoms with Crippen molar-refractivity contribution in [3.8, 4) is 0 Å². The van der Waals surface area contributed by atoms with Crippen LogP contribution in [0.2, 0.25) is 0 Å². The number of alkyl halides is 5. The molecule has 0 saturated carbocycles. The molecule has 1 nitrogen and oxygen atoms in total. The van der Waals surface area contributed by atoms with Crippen molar-refractivity contribution in [1.82, 2.24) is 0 Å². The molecule has 0 spiro atoms. The molecular formula is C9H7F5O. The summed E-state index contributed by atoms with van der Waals surface area (Å²) in [4.78, 5) is 0. The van der Waals surface area contributed by atoms with Crippen molar-refractivity contribution in [2.24, 2.45) is 0 Å². The molecule has 2 unspecified atom stereocenters. The van der Waals surface area contributed by atoms with Crippen LogP contribution in [0.15, 0.2) is 36.6 Å². The van der Waals surface area contributed by atoms with Gasteiger partial charge in [0.15, 0.2) is 11.8 Å². The highest BCUT2D eigenvalue weighted by Crippen LogP contribution is 2.31. The lowest BCUT2D eigenvalue weighted by Crippen LogP contribution is -2.31. The van der Waals surface area contributed by atoms with Gasteiger partial charge in [0.1, 0.15) is 5.76 Å². The lowest BCUT2D eigenvalue weighted by atomic mass is 9.95. The highest BCUT2D eigenvalue weighted by Gasteiger charge is 2.38. The Labute approximate surface area is 82.5 Å². The second kappa shape index (κ2) is 3.67. The van der Waals surface area contributed by atoms with Gasteiger partial charge in [-0.3, -0.25) is 0 Å². The first kappa shape index (κ1) is 11.7. The molecule has 0 amide bonds. The largest absolute Gasteiger partial charge is 0.573 e. The van der Waals surface area contributed by atoms with E-state index in [2.05, 4.69) is 11.3 Å². The summed E-state index contributed by atoms with van der Waals surface area (Å²) in [7, 11) is 0. The zero-order valence-electron chi connectivity index (χ0n) is 7.39. The van der Waals surface area contributed by atoms with Crippen LogP contribution >= 0.6 is 0 Å². The van der Waals surface area contributed by atoms with E-state index >= 15 is 0 Å². The third-order valence-electron chi connectivity index (χ3n) is 1.78. The van der Waals surface area contributed by atoms with E-state index < -0.39 is 24.0 Å². The quantitative estimate of drug-likeness (QED) is 0.519. The van der Waals surface area contributed by atoms with Gasteiger partial charge in [0.25, 0.3) is 0 Å². The molecule has 0 heterocycles. The molecule has 0 bridgehead atoms. The first-order chi connectivity index (χ1) is 6.77. The summed E-state index contributed by atoms with van der Waals surface area (Å²) >= 11 is 0. The summed E-state index contributed by atoms with van der Waals surface area (Å²) in [5, 5.41) is 0. The minimum absolute atomic E-state index is 0.412. The topological polar surface area (TPSA) is 9.23 Å². The monoisotopic (exact) mass is 226 g/mol. The molecule has 0 aliphatic heterocycles. The Kier molecular flexibility index (Phi) is 2.88. The Morgan fingerprint density at radius 1 is 1.47 bits per heavy atom. The van der Waals surface area contributed by atoms with Crippen LogP contribution in [0.5, 0.6) is 0 Å². The maximum absolute atomic E-state index is 13.3. The number of halogens is 5. The number of allylic oxidation sites excluding steroid dienone is 4. The van der Waals surface area contributed by atoms with E-state index in [1.54, 1.807) is 0 Å². The molecule has 15 heavy (non-hydrogen) atoms. The van der Waals surface area contributed by atoms with Crippen LogP contribution in [0, 0.1) is 0 Å². The Hall–Kier alpha value is -1.33. The third-order valence-corrected chi connectivity index (χ3v) is 1.78. The average molecular weight is 226 g/mol. The molecule has 0 saturated heterocycles. The van der Waals surface area contributed by atoms with Gasteiger partial charge in [-0.25, -0.2) is 8.78 Å². The summed E-state index contributed by atoms with van der Waals surface area (Å²) in [6, 6.07) is 0. The van der Waals surface area contributed by atoms with E-state index in [0.717, 1.165) is 0 Å². The predicted octanol–water partition coefficient (Wildman–Crippen LogP) is 3.21. The number of ether oxygens (including phenoxy) is 1. The minimum Gasteiger partial charge on any atom is -0.406 e. The maximum Gasteiger partial charge on any atom is 0.573 e. The molecule has 0 aromatic rings. The molecule has 0 aromatic carbocycles. The van der Waals surface area contributed by atoms with Crippen LogP contribution in [0.1, 0.15) is 0 Å². The van der Waals surface area contributed by atoms with Crippen molar-refractivity contribution in [2.75, 3.05) is 0 Å². The molecule has 0 aromatic heterocycles. The van der Waals surface area contributed by atoms with Gasteiger partial charge in [-0.15, -0.1) is 13.2 Å². The van der Waals surface area contributed by atoms with E-state index in [-0.39, 0.29) is 0 Å². The Morgan fingerprint density at radius 2 is 2.07 bits per heavy atom. The summed E-state index contributed by atoms with van der Waals surface area (Å²) in [5.41, 5.74) is -2.47. The summed E-state index contributed by atoms with van der Waals surface area (Å²) in [6.07, 6.45) is -4.72. The SMILES string of the molecule is C=CC1(F)C=CC(OC(F)(F)F)=CC1F. The second-order valence-corrected chi connectivity index (χ2v) is 2.88. The van der Waals surface area contributed by atoms with Crippen LogP contribution in [0.4, 0.5) is 22.0 Å². The van der Waals surface area contributed by atoms with Gasteiger partial charge in [-0.05, 0) is 24.3 Å². The van der Waals surface area contributed by atoms with Crippen molar-refractivity contribution in [1.29, 1.82) is 0 Å². The summed E-state index contributed by atoms with van der Waals surface area (Å²) in [6.45, 7) is 3.05. The summed E-state index contributed by atoms with van der Waals surface area (Å²) in [5.74, 6) is -0.773. The number of hydrogen-bond acceptors (Lipinski definition) is 1. The highest BCUT2D eigenvalue weighted by atomic mass is 19.4. The summed E-state index contributed by atoms with van der Waals surface area (Å²) < 4.78 is 64.9. The van der Waals surface area contributed by atoms with Gasteiger partial charge >= 0.3 is 6.36 Å². The molecule has 0 N–H and O–H groups in total. The lowest BCUT2D eigenvalue weighted by Gasteiger charge is -2.24. The van der Waals surface area contributed by atoms with Crippen molar-refractivity contribution in [3.05, 3.63) is 36.6 Å². The van der Waals surface area contributed by atoms with Crippen LogP contribution in [0.3, 0.4) is 0 Å². The van der Waals surface area contributed by atoms with Gasteiger partial charge in [-0.2, -0.15) is 0 Å². The fourth-order valence-electron chi connectivity index (χ4n) is 1.01. The molecule has 6 heteroatoms. The van der Waals surface area contributed by atoms with Crippen molar-refractivity contribution >= 4 is 0 Å². The van der Waals surface area contributed by atoms with Gasteiger partial charge in [-0.1, -0.05) is 6.58 Å². The first-order valence-electron chi connectivity index (χ1n) is 3.90. The molecule has 1 aliphatic rings. The molecule has 2 atom stereocenters. The highest BCUT2D eigenvalue weighted by molar-refractivity contribution is 5.32. The van der Waals surface area contributed by atoms with Gasteiger partial charge in [0.2, 0.25) is 0 Å². The fraction of sp³-hybridized carbons (Fsp3) is 0.333. The van der Waals surface area contributed by atoms with Crippen molar-refractivity contribution in [3.63, 3.8) is 0 Å². The van der Waals surface area contributed by atoms with Crippen LogP contribution < -0.4 is 0 Å². The smallest absolute Gasteiger partial charge is 0.406 e. The average Bonchev–Trinajstić information content (AvgIpc) is 2.09. The predicted molar refractivity (Wildman–Crippen MR) is 43.3 cm³/mol. The van der Waals surface area contributed by atoms with E-state index in [1.165, 1.54) is 0 Å².